The molecule has 0 saturated carbocycles. The van der Waals surface area contributed by atoms with Crippen LogP contribution in [0.4, 0.5) is 5.69 Å². The lowest BCUT2D eigenvalue weighted by atomic mass is 10.1. The highest BCUT2D eigenvalue weighted by Crippen LogP contribution is 2.22. The molecule has 0 heterocycles. The number of benzene rings is 1. The highest BCUT2D eigenvalue weighted by molar-refractivity contribution is 6.31. The normalized spacial score (nSPS) is 9.43. The van der Waals surface area contributed by atoms with Gasteiger partial charge in [0.05, 0.1) is 9.95 Å². The molecule has 1 aromatic carbocycles. The van der Waals surface area contributed by atoms with Crippen molar-refractivity contribution in [3.05, 3.63) is 50.3 Å². The summed E-state index contributed by atoms with van der Waals surface area (Å²) >= 11 is 5.80. The van der Waals surface area contributed by atoms with Gasteiger partial charge in [-0.2, -0.15) is 0 Å². The van der Waals surface area contributed by atoms with E-state index in [1.165, 1.54) is 12.1 Å². The Hall–Kier alpha value is -1.60. The van der Waals surface area contributed by atoms with Crippen molar-refractivity contribution < 1.29 is 4.92 Å². The molecular weight excluding hydrogens is 204 g/mol. The third-order valence-corrected chi connectivity index (χ3v) is 2.09. The number of rotatable bonds is 3. The number of hydrogen-bond donors (Lipinski definition) is 0. The molecule has 0 aliphatic carbocycles. The van der Waals surface area contributed by atoms with Crippen LogP contribution >= 0.6 is 11.6 Å². The van der Waals surface area contributed by atoms with Crippen LogP contribution in [-0.4, -0.2) is 11.5 Å². The first-order chi connectivity index (χ1) is 6.65. The fourth-order valence-corrected chi connectivity index (χ4v) is 1.30. The fourth-order valence-electron chi connectivity index (χ4n) is 1.03. The molecule has 0 saturated heterocycles. The summed E-state index contributed by atoms with van der Waals surface area (Å²) in [6.07, 6.45) is 0.528. The molecule has 0 aliphatic rings. The summed E-state index contributed by atoms with van der Waals surface area (Å²) in [5.74, 6) is 0. The number of halogens is 1. The lowest BCUT2D eigenvalue weighted by Gasteiger charge is -1.99. The molecule has 0 bridgehead atoms. The maximum atomic E-state index is 10.4. The molecule has 5 heteroatoms. The number of nitro benzene ring substituents is 1. The summed E-state index contributed by atoms with van der Waals surface area (Å²) in [6.45, 7) is 6.95. The van der Waals surface area contributed by atoms with Crippen LogP contribution in [0, 0.1) is 16.7 Å². The average molecular weight is 211 g/mol. The van der Waals surface area contributed by atoms with Crippen LogP contribution in [0.5, 0.6) is 0 Å². The summed E-state index contributed by atoms with van der Waals surface area (Å²) in [6, 6.07) is 4.29. The minimum Gasteiger partial charge on any atom is -0.317 e. The SMILES string of the molecule is [C-]#[N+]CCc1ccc([N+](=O)[O-])cc1Cl. The van der Waals surface area contributed by atoms with Crippen molar-refractivity contribution in [1.82, 2.24) is 0 Å². The third-order valence-electron chi connectivity index (χ3n) is 1.74. The van der Waals surface area contributed by atoms with E-state index in [0.717, 1.165) is 5.56 Å². The number of non-ortho nitro benzene ring substituents is 1. The Bertz CT molecular complexity index is 398. The molecule has 1 aromatic rings. The van der Waals surface area contributed by atoms with Gasteiger partial charge in [-0.1, -0.05) is 17.7 Å². The molecule has 72 valence electrons. The summed E-state index contributed by atoms with van der Waals surface area (Å²) in [5, 5.41) is 10.7. The van der Waals surface area contributed by atoms with Crippen LogP contribution in [0.2, 0.25) is 5.02 Å². The molecule has 0 aromatic heterocycles. The zero-order valence-electron chi connectivity index (χ0n) is 7.24. The Morgan fingerprint density at radius 1 is 1.57 bits per heavy atom. The molecule has 0 aliphatic heterocycles. The molecule has 0 N–H and O–H groups in total. The Morgan fingerprint density at radius 3 is 2.79 bits per heavy atom. The summed E-state index contributed by atoms with van der Waals surface area (Å²) < 4.78 is 0. The standard InChI is InChI=1S/C9H7ClN2O2/c1-11-5-4-7-2-3-8(12(13)14)6-9(7)10/h2-3,6H,4-5H2. The molecule has 0 unspecified atom stereocenters. The first-order valence-corrected chi connectivity index (χ1v) is 4.29. The largest absolute Gasteiger partial charge is 0.317 e. The molecule has 4 nitrogen and oxygen atoms in total. The third kappa shape index (κ3) is 2.44. The van der Waals surface area contributed by atoms with E-state index in [9.17, 15) is 10.1 Å². The topological polar surface area (TPSA) is 47.5 Å². The first-order valence-electron chi connectivity index (χ1n) is 3.91. The van der Waals surface area contributed by atoms with Gasteiger partial charge in [-0.3, -0.25) is 10.1 Å². The Labute approximate surface area is 86.1 Å². The zero-order valence-corrected chi connectivity index (χ0v) is 7.99. The van der Waals surface area contributed by atoms with Crippen molar-refractivity contribution >= 4 is 17.3 Å². The lowest BCUT2D eigenvalue weighted by molar-refractivity contribution is -0.384. The number of hydrogen-bond acceptors (Lipinski definition) is 2. The Balaban J connectivity index is 2.91. The maximum absolute atomic E-state index is 10.4. The van der Waals surface area contributed by atoms with Crippen LogP contribution in [0.15, 0.2) is 18.2 Å². The van der Waals surface area contributed by atoms with Crippen molar-refractivity contribution in [1.29, 1.82) is 0 Å². The van der Waals surface area contributed by atoms with Gasteiger partial charge < -0.3 is 4.85 Å². The molecule has 0 radical (unpaired) electrons. The van der Waals surface area contributed by atoms with Gasteiger partial charge in [0.15, 0.2) is 0 Å². The molecule has 0 atom stereocenters. The minimum atomic E-state index is -0.496. The predicted molar refractivity (Wildman–Crippen MR) is 53.3 cm³/mol. The zero-order chi connectivity index (χ0) is 10.6. The van der Waals surface area contributed by atoms with E-state index in [1.54, 1.807) is 6.07 Å². The highest BCUT2D eigenvalue weighted by atomic mass is 35.5. The van der Waals surface area contributed by atoms with E-state index in [2.05, 4.69) is 4.85 Å². The van der Waals surface area contributed by atoms with E-state index in [-0.39, 0.29) is 5.69 Å². The lowest BCUT2D eigenvalue weighted by Crippen LogP contribution is -1.92. The van der Waals surface area contributed by atoms with Crippen molar-refractivity contribution in [3.8, 4) is 0 Å². The number of nitro groups is 1. The fraction of sp³-hybridized carbons (Fsp3) is 0.222. The van der Waals surface area contributed by atoms with E-state index < -0.39 is 4.92 Å². The predicted octanol–water partition coefficient (Wildman–Crippen LogP) is 2.71. The quantitative estimate of drug-likeness (QED) is 0.438. The van der Waals surface area contributed by atoms with E-state index >= 15 is 0 Å². The van der Waals surface area contributed by atoms with Gasteiger partial charge >= 0.3 is 0 Å². The average Bonchev–Trinajstić information content (AvgIpc) is 2.15. The van der Waals surface area contributed by atoms with Gasteiger partial charge in [-0.05, 0) is 5.56 Å². The molecule has 0 fully saturated rings. The second kappa shape index (κ2) is 4.58. The highest BCUT2D eigenvalue weighted by Gasteiger charge is 2.09. The van der Waals surface area contributed by atoms with E-state index in [1.807, 2.05) is 0 Å². The van der Waals surface area contributed by atoms with E-state index in [0.29, 0.717) is 18.0 Å². The van der Waals surface area contributed by atoms with Gasteiger partial charge in [0.25, 0.3) is 5.69 Å². The van der Waals surface area contributed by atoms with E-state index in [4.69, 9.17) is 18.2 Å². The molecule has 1 rings (SSSR count). The summed E-state index contributed by atoms with van der Waals surface area (Å²) in [5.41, 5.74) is 0.745. The smallest absolute Gasteiger partial charge is 0.270 e. The van der Waals surface area contributed by atoms with Crippen LogP contribution in [0.3, 0.4) is 0 Å². The second-order valence-electron chi connectivity index (χ2n) is 2.66. The minimum absolute atomic E-state index is 0.0263. The van der Waals surface area contributed by atoms with Gasteiger partial charge in [0.1, 0.15) is 0 Å². The number of nitrogens with zero attached hydrogens (tertiary/aromatic N) is 2. The van der Waals surface area contributed by atoms with Crippen molar-refractivity contribution in [3.63, 3.8) is 0 Å². The first kappa shape index (κ1) is 10.5. The van der Waals surface area contributed by atoms with Crippen LogP contribution in [0.1, 0.15) is 5.56 Å². The second-order valence-corrected chi connectivity index (χ2v) is 3.07. The summed E-state index contributed by atoms with van der Waals surface area (Å²) in [7, 11) is 0. The monoisotopic (exact) mass is 210 g/mol. The van der Waals surface area contributed by atoms with Crippen molar-refractivity contribution in [2.24, 2.45) is 0 Å². The van der Waals surface area contributed by atoms with Gasteiger partial charge in [0.2, 0.25) is 6.54 Å². The molecular formula is C9H7ClN2O2. The molecule has 0 amide bonds. The van der Waals surface area contributed by atoms with Crippen molar-refractivity contribution in [2.45, 2.75) is 6.42 Å². The Kier molecular flexibility index (Phi) is 3.43. The molecule has 0 spiro atoms. The van der Waals surface area contributed by atoms with Crippen LogP contribution in [0.25, 0.3) is 4.85 Å². The Morgan fingerprint density at radius 2 is 2.29 bits per heavy atom. The van der Waals surface area contributed by atoms with Gasteiger partial charge in [-0.15, -0.1) is 0 Å². The van der Waals surface area contributed by atoms with Gasteiger partial charge in [-0.25, -0.2) is 6.57 Å². The summed E-state index contributed by atoms with van der Waals surface area (Å²) in [4.78, 5) is 13.1. The molecule has 14 heavy (non-hydrogen) atoms. The van der Waals surface area contributed by atoms with Crippen molar-refractivity contribution in [2.75, 3.05) is 6.54 Å². The maximum Gasteiger partial charge on any atom is 0.270 e. The van der Waals surface area contributed by atoms with Gasteiger partial charge in [0, 0.05) is 18.6 Å². The van der Waals surface area contributed by atoms with Crippen LogP contribution < -0.4 is 0 Å². The van der Waals surface area contributed by atoms with Crippen LogP contribution in [-0.2, 0) is 6.42 Å².